The van der Waals surface area contributed by atoms with Crippen molar-refractivity contribution in [2.24, 2.45) is 0 Å². The van der Waals surface area contributed by atoms with Gasteiger partial charge in [-0.3, -0.25) is 0 Å². The third-order valence-corrected chi connectivity index (χ3v) is 7.50. The van der Waals surface area contributed by atoms with Crippen molar-refractivity contribution in [2.45, 2.75) is 51.0 Å². The zero-order valence-corrected chi connectivity index (χ0v) is 17.2. The summed E-state index contributed by atoms with van der Waals surface area (Å²) in [6.07, 6.45) is 3.44. The lowest BCUT2D eigenvalue weighted by Gasteiger charge is -2.32. The molecule has 5 heterocycles. The van der Waals surface area contributed by atoms with Crippen LogP contribution < -0.4 is 0 Å². The van der Waals surface area contributed by atoms with Gasteiger partial charge in [0.25, 0.3) is 5.78 Å². The predicted octanol–water partition coefficient (Wildman–Crippen LogP) is 3.90. The van der Waals surface area contributed by atoms with Gasteiger partial charge in [0, 0.05) is 17.1 Å². The SMILES string of the molecule is C=C(C)CSc1nnc2n3ncnc3c3c4c(sc3n12)CO[C@](C)(CC)C4. The summed E-state index contributed by atoms with van der Waals surface area (Å²) in [4.78, 5) is 6.93. The Kier molecular flexibility index (Phi) is 3.82. The van der Waals surface area contributed by atoms with E-state index in [0.717, 1.165) is 45.2 Å². The van der Waals surface area contributed by atoms with Crippen LogP contribution in [-0.2, 0) is 17.8 Å². The van der Waals surface area contributed by atoms with Gasteiger partial charge in [-0.25, -0.2) is 9.38 Å². The second-order valence-electron chi connectivity index (χ2n) is 7.31. The monoisotopic (exact) mass is 400 g/mol. The first-order valence-corrected chi connectivity index (χ1v) is 10.7. The fraction of sp³-hybridized carbons (Fsp3) is 0.444. The van der Waals surface area contributed by atoms with E-state index in [-0.39, 0.29) is 5.60 Å². The van der Waals surface area contributed by atoms with E-state index in [4.69, 9.17) is 4.74 Å². The normalized spacial score (nSPS) is 20.0. The lowest BCUT2D eigenvalue weighted by Crippen LogP contribution is -2.33. The molecule has 4 aromatic rings. The second kappa shape index (κ2) is 6.02. The van der Waals surface area contributed by atoms with E-state index in [2.05, 4.69) is 45.1 Å². The summed E-state index contributed by atoms with van der Waals surface area (Å²) in [6.45, 7) is 11.0. The van der Waals surface area contributed by atoms with Crippen LogP contribution in [0.15, 0.2) is 23.6 Å². The number of thiophene rings is 1. The highest BCUT2D eigenvalue weighted by molar-refractivity contribution is 7.99. The fourth-order valence-electron chi connectivity index (χ4n) is 3.50. The topological polar surface area (TPSA) is 69.6 Å². The van der Waals surface area contributed by atoms with Crippen LogP contribution in [0, 0.1) is 0 Å². The quantitative estimate of drug-likeness (QED) is 0.382. The van der Waals surface area contributed by atoms with Gasteiger partial charge in [0.05, 0.1) is 17.6 Å². The molecule has 0 radical (unpaired) electrons. The van der Waals surface area contributed by atoms with E-state index in [1.807, 2.05) is 6.92 Å². The van der Waals surface area contributed by atoms with Crippen molar-refractivity contribution in [2.75, 3.05) is 5.75 Å². The summed E-state index contributed by atoms with van der Waals surface area (Å²) >= 11 is 3.40. The van der Waals surface area contributed by atoms with E-state index in [9.17, 15) is 0 Å². The Bertz CT molecular complexity index is 1210. The Morgan fingerprint density at radius 3 is 3.07 bits per heavy atom. The summed E-state index contributed by atoms with van der Waals surface area (Å²) in [7, 11) is 0. The highest BCUT2D eigenvalue weighted by Gasteiger charge is 2.34. The predicted molar refractivity (Wildman–Crippen MR) is 108 cm³/mol. The molecule has 0 saturated heterocycles. The molecule has 5 rings (SSSR count). The molecule has 7 nitrogen and oxygen atoms in total. The first kappa shape index (κ1) is 17.2. The van der Waals surface area contributed by atoms with Crippen molar-refractivity contribution in [1.29, 1.82) is 0 Å². The molecule has 0 spiro atoms. The number of ether oxygens (including phenoxy) is 1. The summed E-state index contributed by atoms with van der Waals surface area (Å²) < 4.78 is 10.1. The molecule has 0 saturated carbocycles. The van der Waals surface area contributed by atoms with Crippen LogP contribution in [0.5, 0.6) is 0 Å². The van der Waals surface area contributed by atoms with Gasteiger partial charge in [0.1, 0.15) is 11.2 Å². The van der Waals surface area contributed by atoms with Gasteiger partial charge < -0.3 is 4.74 Å². The van der Waals surface area contributed by atoms with Crippen molar-refractivity contribution < 1.29 is 4.74 Å². The van der Waals surface area contributed by atoms with Crippen LogP contribution in [-0.4, -0.2) is 40.6 Å². The molecule has 1 aliphatic rings. The molecular formula is C18H20N6OS2. The van der Waals surface area contributed by atoms with Gasteiger partial charge in [-0.05, 0) is 25.8 Å². The molecule has 1 aliphatic heterocycles. The van der Waals surface area contributed by atoms with Crippen LogP contribution in [0.1, 0.15) is 37.6 Å². The molecule has 0 N–H and O–H groups in total. The molecule has 0 bridgehead atoms. The maximum Gasteiger partial charge on any atom is 0.260 e. The van der Waals surface area contributed by atoms with E-state index in [0.29, 0.717) is 12.4 Å². The van der Waals surface area contributed by atoms with Crippen LogP contribution in [0.3, 0.4) is 0 Å². The van der Waals surface area contributed by atoms with Crippen molar-refractivity contribution in [3.63, 3.8) is 0 Å². The Morgan fingerprint density at radius 1 is 1.44 bits per heavy atom. The molecule has 140 valence electrons. The number of hydrogen-bond acceptors (Lipinski definition) is 7. The average Bonchev–Trinajstić information content (AvgIpc) is 3.35. The van der Waals surface area contributed by atoms with Crippen molar-refractivity contribution >= 4 is 44.7 Å². The minimum absolute atomic E-state index is 0.141. The molecule has 1 atom stereocenters. The summed E-state index contributed by atoms with van der Waals surface area (Å²) in [5.74, 6) is 1.50. The Balaban J connectivity index is 1.83. The summed E-state index contributed by atoms with van der Waals surface area (Å²) in [5.41, 5.74) is 3.14. The van der Waals surface area contributed by atoms with Gasteiger partial charge in [-0.15, -0.1) is 21.5 Å². The highest BCUT2D eigenvalue weighted by Crippen LogP contribution is 2.42. The van der Waals surface area contributed by atoms with Crippen molar-refractivity contribution in [1.82, 2.24) is 29.2 Å². The van der Waals surface area contributed by atoms with Gasteiger partial charge in [-0.1, -0.05) is 30.8 Å². The first-order chi connectivity index (χ1) is 13.0. The highest BCUT2D eigenvalue weighted by atomic mass is 32.2. The maximum atomic E-state index is 6.18. The standard InChI is InChI=1S/C18H20N6OS2/c1-5-18(4)6-11-12(7-25-18)27-15-13(11)14-19-9-20-24(14)16-21-22-17(23(15)16)26-8-10(2)3/h9H,2,5-8H2,1,3-4H3/t18-/m1/s1. The smallest absolute Gasteiger partial charge is 0.260 e. The second-order valence-corrected chi connectivity index (χ2v) is 9.34. The molecule has 4 aromatic heterocycles. The number of fused-ring (bicyclic) bond motifs is 8. The minimum atomic E-state index is -0.141. The van der Waals surface area contributed by atoms with Gasteiger partial charge in [0.2, 0.25) is 0 Å². The number of aromatic nitrogens is 6. The fourth-order valence-corrected chi connectivity index (χ4v) is 5.56. The Hall–Kier alpha value is -1.97. The van der Waals surface area contributed by atoms with Gasteiger partial charge >= 0.3 is 0 Å². The maximum absolute atomic E-state index is 6.18. The van der Waals surface area contributed by atoms with E-state index in [1.165, 1.54) is 10.4 Å². The lowest BCUT2D eigenvalue weighted by molar-refractivity contribution is -0.0542. The molecule has 27 heavy (non-hydrogen) atoms. The third-order valence-electron chi connectivity index (χ3n) is 5.15. The summed E-state index contributed by atoms with van der Waals surface area (Å²) in [6, 6.07) is 0. The Labute approximate surface area is 164 Å². The molecular weight excluding hydrogens is 380 g/mol. The van der Waals surface area contributed by atoms with Crippen molar-refractivity contribution in [3.8, 4) is 0 Å². The third kappa shape index (κ3) is 2.52. The number of nitrogens with zero attached hydrogens (tertiary/aromatic N) is 6. The molecule has 0 aromatic carbocycles. The lowest BCUT2D eigenvalue weighted by atomic mass is 9.90. The van der Waals surface area contributed by atoms with Gasteiger partial charge in [0.15, 0.2) is 10.8 Å². The minimum Gasteiger partial charge on any atom is -0.369 e. The van der Waals surface area contributed by atoms with E-state index < -0.39 is 0 Å². The van der Waals surface area contributed by atoms with Crippen LogP contribution >= 0.6 is 23.1 Å². The number of hydrogen-bond donors (Lipinski definition) is 0. The van der Waals surface area contributed by atoms with Crippen LogP contribution in [0.2, 0.25) is 0 Å². The van der Waals surface area contributed by atoms with E-state index in [1.54, 1.807) is 33.9 Å². The van der Waals surface area contributed by atoms with Crippen LogP contribution in [0.25, 0.3) is 21.6 Å². The largest absolute Gasteiger partial charge is 0.369 e. The van der Waals surface area contributed by atoms with Crippen LogP contribution in [0.4, 0.5) is 0 Å². The zero-order chi connectivity index (χ0) is 18.8. The van der Waals surface area contributed by atoms with Gasteiger partial charge in [-0.2, -0.15) is 9.61 Å². The first-order valence-electron chi connectivity index (χ1n) is 8.93. The van der Waals surface area contributed by atoms with Crippen molar-refractivity contribution in [3.05, 3.63) is 28.9 Å². The molecule has 0 unspecified atom stereocenters. The molecule has 0 amide bonds. The summed E-state index contributed by atoms with van der Waals surface area (Å²) in [5, 5.41) is 15.2. The molecule has 0 aliphatic carbocycles. The Morgan fingerprint density at radius 2 is 2.30 bits per heavy atom. The number of thioether (sulfide) groups is 1. The number of rotatable bonds is 4. The van der Waals surface area contributed by atoms with E-state index >= 15 is 0 Å². The zero-order valence-electron chi connectivity index (χ0n) is 15.5. The molecule has 9 heteroatoms. The molecule has 0 fully saturated rings. The average molecular weight is 401 g/mol.